The van der Waals surface area contributed by atoms with Gasteiger partial charge in [-0.05, 0) is 12.1 Å². The number of nitrogens with zero attached hydrogens (tertiary/aromatic N) is 4. The molecule has 1 aromatic heterocycles. The van der Waals surface area contributed by atoms with Crippen LogP contribution in [0.3, 0.4) is 0 Å². The molecule has 1 aliphatic heterocycles. The fraction of sp³-hybridized carbons (Fsp3) is 0.312. The topological polar surface area (TPSA) is 83.3 Å². The van der Waals surface area contributed by atoms with Crippen molar-refractivity contribution in [1.29, 1.82) is 5.26 Å². The van der Waals surface area contributed by atoms with Crippen LogP contribution in [0.4, 0.5) is 30.6 Å². The van der Waals surface area contributed by atoms with Gasteiger partial charge in [-0.25, -0.2) is 4.98 Å². The summed E-state index contributed by atoms with van der Waals surface area (Å²) in [6.45, 7) is -0.518. The van der Waals surface area contributed by atoms with Gasteiger partial charge in [0.15, 0.2) is 17.6 Å². The van der Waals surface area contributed by atoms with Crippen molar-refractivity contribution < 1.29 is 22.6 Å². The minimum absolute atomic E-state index is 0.0386. The van der Waals surface area contributed by atoms with E-state index in [9.17, 15) is 13.2 Å². The molecule has 0 radical (unpaired) electrons. The number of hydrogen-bond donors (Lipinski definition) is 1. The Hall–Kier alpha value is -3.22. The number of aromatic nitrogens is 2. The molecule has 0 saturated heterocycles. The lowest BCUT2D eigenvalue weighted by molar-refractivity contribution is -0.155. The van der Waals surface area contributed by atoms with E-state index in [-0.39, 0.29) is 17.5 Å². The summed E-state index contributed by atoms with van der Waals surface area (Å²) < 4.78 is 49.5. The van der Waals surface area contributed by atoms with Crippen LogP contribution in [0, 0.1) is 11.3 Å². The van der Waals surface area contributed by atoms with Crippen LogP contribution in [0.2, 0.25) is 0 Å². The number of fused-ring (bicyclic) bond motifs is 1. The first-order chi connectivity index (χ1) is 12.3. The van der Waals surface area contributed by atoms with Crippen molar-refractivity contribution in [2.75, 3.05) is 31.0 Å². The number of anilines is 3. The minimum Gasteiger partial charge on any atom is -0.495 e. The molecule has 1 aliphatic rings. The van der Waals surface area contributed by atoms with Crippen LogP contribution >= 0.6 is 0 Å². The highest BCUT2D eigenvalue weighted by atomic mass is 19.4. The van der Waals surface area contributed by atoms with Gasteiger partial charge >= 0.3 is 6.18 Å². The van der Waals surface area contributed by atoms with E-state index in [0.29, 0.717) is 17.0 Å². The van der Waals surface area contributed by atoms with E-state index in [2.05, 4.69) is 15.3 Å². The van der Waals surface area contributed by atoms with Gasteiger partial charge in [-0.15, -0.1) is 0 Å². The number of halogens is 3. The zero-order chi connectivity index (χ0) is 18.9. The molecule has 2 aromatic rings. The zero-order valence-electron chi connectivity index (χ0n) is 13.8. The number of alkyl halides is 3. The van der Waals surface area contributed by atoms with Crippen molar-refractivity contribution >= 4 is 17.5 Å². The molecule has 7 nitrogen and oxygen atoms in total. The van der Waals surface area contributed by atoms with Gasteiger partial charge in [-0.3, -0.25) is 0 Å². The Morgan fingerprint density at radius 3 is 2.85 bits per heavy atom. The van der Waals surface area contributed by atoms with Crippen molar-refractivity contribution in [3.63, 3.8) is 0 Å². The lowest BCUT2D eigenvalue weighted by atomic mass is 10.2. The number of ether oxygens (including phenoxy) is 2. The molecule has 0 aliphatic carbocycles. The van der Waals surface area contributed by atoms with Gasteiger partial charge in [0.05, 0.1) is 18.9 Å². The molecule has 1 atom stereocenters. The molecule has 3 rings (SSSR count). The molecule has 0 fully saturated rings. The fourth-order valence-electron chi connectivity index (χ4n) is 2.51. The van der Waals surface area contributed by atoms with E-state index >= 15 is 0 Å². The van der Waals surface area contributed by atoms with E-state index in [1.54, 1.807) is 18.2 Å². The summed E-state index contributed by atoms with van der Waals surface area (Å²) in [4.78, 5) is 9.19. The summed E-state index contributed by atoms with van der Waals surface area (Å²) >= 11 is 0. The molecule has 1 aromatic carbocycles. The third-order valence-corrected chi connectivity index (χ3v) is 3.89. The normalized spacial score (nSPS) is 16.3. The number of rotatable bonds is 3. The van der Waals surface area contributed by atoms with Crippen molar-refractivity contribution in [3.05, 3.63) is 30.0 Å². The maximum atomic E-state index is 13.1. The number of hydrogen-bond acceptors (Lipinski definition) is 7. The monoisotopic (exact) mass is 365 g/mol. The maximum Gasteiger partial charge on any atom is 0.412 e. The lowest BCUT2D eigenvalue weighted by Crippen LogP contribution is -2.50. The highest BCUT2D eigenvalue weighted by Crippen LogP contribution is 2.37. The van der Waals surface area contributed by atoms with Gasteiger partial charge in [0.2, 0.25) is 5.95 Å². The second kappa shape index (κ2) is 6.59. The Kier molecular flexibility index (Phi) is 4.46. The molecule has 136 valence electrons. The number of nitrogens with one attached hydrogen (secondary N) is 1. The van der Waals surface area contributed by atoms with Crippen LogP contribution in [-0.2, 0) is 0 Å². The Morgan fingerprint density at radius 1 is 1.42 bits per heavy atom. The van der Waals surface area contributed by atoms with Crippen molar-refractivity contribution in [2.24, 2.45) is 0 Å². The fourth-order valence-corrected chi connectivity index (χ4v) is 2.51. The summed E-state index contributed by atoms with van der Waals surface area (Å²) in [6, 6.07) is 4.94. The third kappa shape index (κ3) is 3.28. The minimum atomic E-state index is -4.44. The van der Waals surface area contributed by atoms with Crippen molar-refractivity contribution in [3.8, 4) is 17.6 Å². The summed E-state index contributed by atoms with van der Waals surface area (Å²) in [5, 5.41) is 11.9. The molecular weight excluding hydrogens is 351 g/mol. The van der Waals surface area contributed by atoms with E-state index < -0.39 is 18.8 Å². The third-order valence-electron chi connectivity index (χ3n) is 3.89. The Bertz CT molecular complexity index is 866. The van der Waals surface area contributed by atoms with Gasteiger partial charge < -0.3 is 19.7 Å². The quantitative estimate of drug-likeness (QED) is 0.895. The van der Waals surface area contributed by atoms with Gasteiger partial charge in [0.25, 0.3) is 0 Å². The average Bonchev–Trinajstić information content (AvgIpc) is 2.61. The largest absolute Gasteiger partial charge is 0.495 e. The van der Waals surface area contributed by atoms with E-state index in [0.717, 1.165) is 4.90 Å². The first-order valence-corrected chi connectivity index (χ1v) is 7.48. The summed E-state index contributed by atoms with van der Waals surface area (Å²) in [5.74, 6) is 0.662. The van der Waals surface area contributed by atoms with Gasteiger partial charge in [-0.1, -0.05) is 0 Å². The highest BCUT2D eigenvalue weighted by molar-refractivity contribution is 5.63. The highest BCUT2D eigenvalue weighted by Gasteiger charge is 2.46. The van der Waals surface area contributed by atoms with Crippen LogP contribution in [0.5, 0.6) is 11.5 Å². The first kappa shape index (κ1) is 17.6. The molecule has 2 heterocycles. The Labute approximate surface area is 147 Å². The predicted octanol–water partition coefficient (Wildman–Crippen LogP) is 2.86. The molecule has 1 N–H and O–H groups in total. The van der Waals surface area contributed by atoms with E-state index in [1.165, 1.54) is 20.4 Å². The van der Waals surface area contributed by atoms with Crippen LogP contribution in [0.15, 0.2) is 24.4 Å². The first-order valence-electron chi connectivity index (χ1n) is 7.48. The average molecular weight is 365 g/mol. The molecular formula is C16H14F3N5O2. The molecule has 0 saturated carbocycles. The zero-order valence-corrected chi connectivity index (χ0v) is 13.8. The Balaban J connectivity index is 1.88. The Morgan fingerprint density at radius 2 is 2.19 bits per heavy atom. The van der Waals surface area contributed by atoms with Gasteiger partial charge in [0.1, 0.15) is 18.4 Å². The maximum absolute atomic E-state index is 13.1. The number of benzene rings is 1. The molecule has 10 heteroatoms. The van der Waals surface area contributed by atoms with Gasteiger partial charge in [0, 0.05) is 18.8 Å². The molecule has 0 bridgehead atoms. The number of methoxy groups -OCH3 is 1. The molecule has 1 unspecified atom stereocenters. The molecule has 0 spiro atoms. The van der Waals surface area contributed by atoms with Crippen LogP contribution < -0.4 is 19.7 Å². The van der Waals surface area contributed by atoms with Crippen molar-refractivity contribution in [1.82, 2.24) is 9.97 Å². The number of likely N-dealkylation sites (N-methyl/N-ethyl adjacent to an activating group) is 1. The number of nitriles is 1. The lowest BCUT2D eigenvalue weighted by Gasteiger charge is -2.35. The smallest absolute Gasteiger partial charge is 0.412 e. The predicted molar refractivity (Wildman–Crippen MR) is 86.8 cm³/mol. The SMILES string of the molecule is COc1cc(Nc2ncc3c(n2)N(C)C(C(F)(F)F)CO3)ccc1C#N. The summed E-state index contributed by atoms with van der Waals surface area (Å²) in [7, 11) is 2.74. The summed E-state index contributed by atoms with van der Waals surface area (Å²) in [6.07, 6.45) is -3.12. The van der Waals surface area contributed by atoms with Crippen LogP contribution in [0.25, 0.3) is 0 Å². The summed E-state index contributed by atoms with van der Waals surface area (Å²) in [5.41, 5.74) is 0.873. The standard InChI is InChI=1S/C16H14F3N5O2/c1-24-13(16(17,18)19)8-26-12-7-21-15(23-14(12)24)22-10-4-3-9(6-20)11(5-10)25-2/h3-5,7,13H,8H2,1-2H3,(H,21,22,23). The van der Waals surface area contributed by atoms with Gasteiger partial charge in [-0.2, -0.15) is 23.4 Å². The molecule has 0 amide bonds. The van der Waals surface area contributed by atoms with E-state index in [1.807, 2.05) is 6.07 Å². The van der Waals surface area contributed by atoms with Crippen molar-refractivity contribution in [2.45, 2.75) is 12.2 Å². The second-order valence-electron chi connectivity index (χ2n) is 5.51. The van der Waals surface area contributed by atoms with Crippen LogP contribution in [-0.4, -0.2) is 43.0 Å². The van der Waals surface area contributed by atoms with E-state index in [4.69, 9.17) is 14.7 Å². The van der Waals surface area contributed by atoms with Crippen LogP contribution in [0.1, 0.15) is 5.56 Å². The second-order valence-corrected chi connectivity index (χ2v) is 5.51. The molecule has 26 heavy (non-hydrogen) atoms.